The van der Waals surface area contributed by atoms with Gasteiger partial charge < -0.3 is 10.5 Å². The second-order valence-corrected chi connectivity index (χ2v) is 3.78. The number of aryl methyl sites for hydroxylation is 1. The molecule has 0 amide bonds. The lowest BCUT2D eigenvalue weighted by Gasteiger charge is -2.08. The summed E-state index contributed by atoms with van der Waals surface area (Å²) >= 11 is 5.81. The molecule has 0 atom stereocenters. The summed E-state index contributed by atoms with van der Waals surface area (Å²) in [5.41, 5.74) is 5.87. The zero-order chi connectivity index (χ0) is 12.4. The first-order valence-electron chi connectivity index (χ1n) is 4.79. The Bertz CT molecular complexity index is 562. The highest BCUT2D eigenvalue weighted by Crippen LogP contribution is 2.29. The SMILES string of the molecule is Cc1cccc(Oc2nc(N)ncc2Cl)c1F. The molecule has 1 heterocycles. The van der Waals surface area contributed by atoms with Crippen LogP contribution in [0.2, 0.25) is 5.02 Å². The van der Waals surface area contributed by atoms with Crippen molar-refractivity contribution in [2.75, 3.05) is 5.73 Å². The molecule has 2 N–H and O–H groups in total. The molecular weight excluding hydrogens is 245 g/mol. The van der Waals surface area contributed by atoms with Gasteiger partial charge in [0.25, 0.3) is 0 Å². The van der Waals surface area contributed by atoms with Crippen molar-refractivity contribution in [1.29, 1.82) is 0 Å². The van der Waals surface area contributed by atoms with E-state index in [4.69, 9.17) is 22.1 Å². The van der Waals surface area contributed by atoms with Gasteiger partial charge in [-0.3, -0.25) is 0 Å². The fourth-order valence-electron chi connectivity index (χ4n) is 1.24. The molecule has 0 aliphatic heterocycles. The van der Waals surface area contributed by atoms with E-state index in [1.54, 1.807) is 19.1 Å². The Morgan fingerprint density at radius 2 is 2.18 bits per heavy atom. The maximum atomic E-state index is 13.7. The van der Waals surface area contributed by atoms with E-state index >= 15 is 0 Å². The fourth-order valence-corrected chi connectivity index (χ4v) is 1.37. The summed E-state index contributed by atoms with van der Waals surface area (Å²) in [6.45, 7) is 1.64. The lowest BCUT2D eigenvalue weighted by molar-refractivity contribution is 0.425. The molecule has 1 aromatic heterocycles. The van der Waals surface area contributed by atoms with Crippen LogP contribution in [-0.4, -0.2) is 9.97 Å². The van der Waals surface area contributed by atoms with Gasteiger partial charge in [-0.1, -0.05) is 23.7 Å². The second-order valence-electron chi connectivity index (χ2n) is 3.37. The molecular formula is C11H9ClFN3O. The average Bonchev–Trinajstić information content (AvgIpc) is 2.30. The molecule has 0 bridgehead atoms. The first kappa shape index (κ1) is 11.6. The quantitative estimate of drug-likeness (QED) is 0.894. The van der Waals surface area contributed by atoms with Crippen molar-refractivity contribution in [3.8, 4) is 11.6 Å². The summed E-state index contributed by atoms with van der Waals surface area (Å²) in [5.74, 6) is -0.369. The highest BCUT2D eigenvalue weighted by Gasteiger charge is 2.11. The van der Waals surface area contributed by atoms with Crippen LogP contribution >= 0.6 is 11.6 Å². The van der Waals surface area contributed by atoms with Crippen LogP contribution in [0, 0.1) is 12.7 Å². The standard InChI is InChI=1S/C11H9ClFN3O/c1-6-3-2-4-8(9(6)13)17-10-7(12)5-15-11(14)16-10/h2-5H,1H3,(H2,14,15,16). The van der Waals surface area contributed by atoms with E-state index in [1.807, 2.05) is 0 Å². The first-order chi connectivity index (χ1) is 8.08. The third-order valence-electron chi connectivity index (χ3n) is 2.09. The molecule has 0 unspecified atom stereocenters. The topological polar surface area (TPSA) is 61.0 Å². The number of hydrogen-bond acceptors (Lipinski definition) is 4. The Kier molecular flexibility index (Phi) is 3.10. The van der Waals surface area contributed by atoms with E-state index in [9.17, 15) is 4.39 Å². The van der Waals surface area contributed by atoms with Crippen molar-refractivity contribution in [2.45, 2.75) is 6.92 Å². The summed E-state index contributed by atoms with van der Waals surface area (Å²) in [5, 5.41) is 0.167. The van der Waals surface area contributed by atoms with E-state index in [2.05, 4.69) is 9.97 Å². The minimum atomic E-state index is -0.458. The molecule has 0 saturated heterocycles. The maximum Gasteiger partial charge on any atom is 0.243 e. The van der Waals surface area contributed by atoms with Gasteiger partial charge in [-0.2, -0.15) is 4.98 Å². The highest BCUT2D eigenvalue weighted by molar-refractivity contribution is 6.31. The van der Waals surface area contributed by atoms with Crippen LogP contribution in [0.5, 0.6) is 11.6 Å². The van der Waals surface area contributed by atoms with Crippen molar-refractivity contribution in [2.24, 2.45) is 0 Å². The zero-order valence-electron chi connectivity index (χ0n) is 8.95. The van der Waals surface area contributed by atoms with Crippen molar-refractivity contribution >= 4 is 17.5 Å². The fraction of sp³-hybridized carbons (Fsp3) is 0.0909. The van der Waals surface area contributed by atoms with Gasteiger partial charge in [0.2, 0.25) is 11.8 Å². The number of hydrogen-bond donors (Lipinski definition) is 1. The van der Waals surface area contributed by atoms with Gasteiger partial charge in [0.15, 0.2) is 11.6 Å². The lowest BCUT2D eigenvalue weighted by atomic mass is 10.2. The van der Waals surface area contributed by atoms with Crippen molar-refractivity contribution in [3.05, 3.63) is 40.8 Å². The molecule has 4 nitrogen and oxygen atoms in total. The lowest BCUT2D eigenvalue weighted by Crippen LogP contribution is -1.98. The van der Waals surface area contributed by atoms with Gasteiger partial charge in [0, 0.05) is 0 Å². The molecule has 0 aliphatic rings. The zero-order valence-corrected chi connectivity index (χ0v) is 9.70. The van der Waals surface area contributed by atoms with Crippen molar-refractivity contribution in [1.82, 2.24) is 9.97 Å². The molecule has 1 aromatic carbocycles. The molecule has 6 heteroatoms. The maximum absolute atomic E-state index is 13.7. The van der Waals surface area contributed by atoms with Crippen LogP contribution in [0.25, 0.3) is 0 Å². The molecule has 0 fully saturated rings. The smallest absolute Gasteiger partial charge is 0.243 e. The van der Waals surface area contributed by atoms with E-state index in [1.165, 1.54) is 12.3 Å². The molecule has 0 saturated carbocycles. The van der Waals surface area contributed by atoms with E-state index < -0.39 is 5.82 Å². The molecule has 2 rings (SSSR count). The summed E-state index contributed by atoms with van der Waals surface area (Å²) in [6, 6.07) is 4.79. The molecule has 17 heavy (non-hydrogen) atoms. The third-order valence-corrected chi connectivity index (χ3v) is 2.35. The average molecular weight is 254 g/mol. The molecule has 0 spiro atoms. The van der Waals surface area contributed by atoms with Crippen LogP contribution in [0.1, 0.15) is 5.56 Å². The van der Waals surface area contributed by atoms with Crippen LogP contribution < -0.4 is 10.5 Å². The summed E-state index contributed by atoms with van der Waals surface area (Å²) in [7, 11) is 0. The number of anilines is 1. The first-order valence-corrected chi connectivity index (χ1v) is 5.16. The van der Waals surface area contributed by atoms with Crippen LogP contribution in [0.3, 0.4) is 0 Å². The van der Waals surface area contributed by atoms with Gasteiger partial charge in [-0.15, -0.1) is 0 Å². The largest absolute Gasteiger partial charge is 0.434 e. The number of rotatable bonds is 2. The number of benzene rings is 1. The van der Waals surface area contributed by atoms with Gasteiger partial charge in [0.05, 0.1) is 6.20 Å². The Labute approximate surface area is 102 Å². The van der Waals surface area contributed by atoms with Crippen LogP contribution in [0.4, 0.5) is 10.3 Å². The number of aromatic nitrogens is 2. The Morgan fingerprint density at radius 1 is 1.41 bits per heavy atom. The van der Waals surface area contributed by atoms with E-state index in [-0.39, 0.29) is 22.6 Å². The van der Waals surface area contributed by atoms with E-state index in [0.29, 0.717) is 5.56 Å². The monoisotopic (exact) mass is 253 g/mol. The van der Waals surface area contributed by atoms with Crippen molar-refractivity contribution in [3.63, 3.8) is 0 Å². The number of ether oxygens (including phenoxy) is 1. The Hall–Kier alpha value is -1.88. The van der Waals surface area contributed by atoms with Gasteiger partial charge >= 0.3 is 0 Å². The minimum Gasteiger partial charge on any atom is -0.434 e. The molecule has 0 aliphatic carbocycles. The van der Waals surface area contributed by atoms with Crippen LogP contribution in [-0.2, 0) is 0 Å². The Morgan fingerprint density at radius 3 is 2.94 bits per heavy atom. The third kappa shape index (κ3) is 2.45. The molecule has 88 valence electrons. The predicted octanol–water partition coefficient (Wildman–Crippen LogP) is 2.95. The summed E-state index contributed by atoms with van der Waals surface area (Å²) < 4.78 is 18.9. The number of halogens is 2. The molecule has 0 radical (unpaired) electrons. The van der Waals surface area contributed by atoms with Gasteiger partial charge in [-0.05, 0) is 18.6 Å². The summed E-state index contributed by atoms with van der Waals surface area (Å²) in [4.78, 5) is 7.47. The molecule has 2 aromatic rings. The second kappa shape index (κ2) is 4.55. The van der Waals surface area contributed by atoms with Crippen molar-refractivity contribution < 1.29 is 9.13 Å². The number of nitrogen functional groups attached to an aromatic ring is 1. The minimum absolute atomic E-state index is 0.0115. The van der Waals surface area contributed by atoms with Crippen LogP contribution in [0.15, 0.2) is 24.4 Å². The van der Waals surface area contributed by atoms with E-state index in [0.717, 1.165) is 0 Å². The highest BCUT2D eigenvalue weighted by atomic mass is 35.5. The summed E-state index contributed by atoms with van der Waals surface area (Å²) in [6.07, 6.45) is 1.30. The Balaban J connectivity index is 2.38. The number of nitrogens with zero attached hydrogens (tertiary/aromatic N) is 2. The van der Waals surface area contributed by atoms with Gasteiger partial charge in [-0.25, -0.2) is 9.37 Å². The predicted molar refractivity (Wildman–Crippen MR) is 62.7 cm³/mol. The number of nitrogens with two attached hydrogens (primary N) is 1. The van der Waals surface area contributed by atoms with Gasteiger partial charge in [0.1, 0.15) is 5.02 Å². The normalized spacial score (nSPS) is 10.3.